The fourth-order valence-electron chi connectivity index (χ4n) is 1.05. The lowest BCUT2D eigenvalue weighted by atomic mass is 10.1. The van der Waals surface area contributed by atoms with Gasteiger partial charge in [0.15, 0.2) is 6.29 Å². The predicted molar refractivity (Wildman–Crippen MR) is 53.0 cm³/mol. The fraction of sp³-hybridized carbons (Fsp3) is 0. The molecule has 2 aromatic heterocycles. The van der Waals surface area contributed by atoms with Crippen molar-refractivity contribution in [2.75, 3.05) is 0 Å². The molecule has 60 valence electrons. The average Bonchev–Trinajstić information content (AvgIpc) is 2.74. The molecule has 0 N–H and O–H groups in total. The first kappa shape index (κ1) is 7.71. The predicted octanol–water partition coefficient (Wildman–Crippen LogP) is 3.29. The minimum Gasteiger partial charge on any atom is -0.298 e. The van der Waals surface area contributed by atoms with E-state index < -0.39 is 0 Å². The third-order valence-electron chi connectivity index (χ3n) is 1.65. The number of rotatable bonds is 2. The highest BCUT2D eigenvalue weighted by Crippen LogP contribution is 2.27. The summed E-state index contributed by atoms with van der Waals surface area (Å²) in [6.07, 6.45) is 0.906. The molecule has 0 aliphatic heterocycles. The highest BCUT2D eigenvalue weighted by atomic mass is 32.1. The van der Waals surface area contributed by atoms with Crippen LogP contribution in [0.2, 0.25) is 0 Å². The molecule has 0 bridgehead atoms. The maximum atomic E-state index is 10.6. The van der Waals surface area contributed by atoms with Crippen LogP contribution in [0, 0.1) is 0 Å². The summed E-state index contributed by atoms with van der Waals surface area (Å²) >= 11 is 3.21. The van der Waals surface area contributed by atoms with E-state index in [9.17, 15) is 4.79 Å². The molecule has 0 amide bonds. The van der Waals surface area contributed by atoms with Gasteiger partial charge in [-0.25, -0.2) is 0 Å². The molecule has 0 aliphatic rings. The number of hydrogen-bond acceptors (Lipinski definition) is 3. The normalized spacial score (nSPS) is 10.0. The van der Waals surface area contributed by atoms with Crippen molar-refractivity contribution in [3.8, 4) is 11.1 Å². The van der Waals surface area contributed by atoms with Crippen LogP contribution in [0.1, 0.15) is 10.4 Å². The second-order valence-electron chi connectivity index (χ2n) is 2.37. The van der Waals surface area contributed by atoms with Crippen molar-refractivity contribution in [1.82, 2.24) is 0 Å². The Morgan fingerprint density at radius 2 is 2.08 bits per heavy atom. The Bertz CT molecular complexity index is 373. The first-order chi connectivity index (χ1) is 5.92. The molecule has 0 unspecified atom stereocenters. The average molecular weight is 194 g/mol. The molecule has 2 aromatic rings. The molecule has 2 heterocycles. The zero-order valence-corrected chi connectivity index (χ0v) is 7.82. The summed E-state index contributed by atoms with van der Waals surface area (Å²) in [6, 6.07) is 2.03. The van der Waals surface area contributed by atoms with Gasteiger partial charge in [0.1, 0.15) is 0 Å². The number of hydrogen-bond donors (Lipinski definition) is 0. The molecule has 1 nitrogen and oxygen atoms in total. The third-order valence-corrected chi connectivity index (χ3v) is 3.10. The Morgan fingerprint density at radius 3 is 2.75 bits per heavy atom. The van der Waals surface area contributed by atoms with Crippen molar-refractivity contribution in [3.63, 3.8) is 0 Å². The van der Waals surface area contributed by atoms with Crippen molar-refractivity contribution in [1.29, 1.82) is 0 Å². The van der Waals surface area contributed by atoms with Crippen LogP contribution in [-0.4, -0.2) is 6.29 Å². The van der Waals surface area contributed by atoms with E-state index in [1.807, 2.05) is 22.2 Å². The van der Waals surface area contributed by atoms with Gasteiger partial charge in [0.2, 0.25) is 0 Å². The minimum absolute atomic E-state index is 0.790. The van der Waals surface area contributed by atoms with Gasteiger partial charge >= 0.3 is 0 Å². The van der Waals surface area contributed by atoms with Crippen molar-refractivity contribution in [3.05, 3.63) is 33.2 Å². The first-order valence-electron chi connectivity index (χ1n) is 3.46. The van der Waals surface area contributed by atoms with Gasteiger partial charge in [-0.15, -0.1) is 0 Å². The number of carbonyl (C=O) groups excluding carboxylic acids is 1. The molecule has 0 spiro atoms. The van der Waals surface area contributed by atoms with Crippen LogP contribution in [0.15, 0.2) is 27.6 Å². The molecule has 2 rings (SSSR count). The maximum Gasteiger partial charge on any atom is 0.151 e. The largest absolute Gasteiger partial charge is 0.298 e. The molecule has 0 saturated heterocycles. The van der Waals surface area contributed by atoms with Gasteiger partial charge in [0, 0.05) is 16.5 Å². The van der Waals surface area contributed by atoms with Gasteiger partial charge in [0.05, 0.1) is 0 Å². The molecule has 0 aromatic carbocycles. The highest BCUT2D eigenvalue weighted by molar-refractivity contribution is 7.09. The van der Waals surface area contributed by atoms with E-state index in [1.165, 1.54) is 0 Å². The van der Waals surface area contributed by atoms with Crippen molar-refractivity contribution < 1.29 is 4.79 Å². The molecule has 0 fully saturated rings. The van der Waals surface area contributed by atoms with Crippen LogP contribution in [0.4, 0.5) is 0 Å². The van der Waals surface area contributed by atoms with E-state index in [1.54, 1.807) is 22.7 Å². The van der Waals surface area contributed by atoms with Gasteiger partial charge in [-0.05, 0) is 27.8 Å². The monoisotopic (exact) mass is 194 g/mol. The van der Waals surface area contributed by atoms with Crippen LogP contribution in [0.5, 0.6) is 0 Å². The topological polar surface area (TPSA) is 17.1 Å². The maximum absolute atomic E-state index is 10.6. The quantitative estimate of drug-likeness (QED) is 0.670. The summed E-state index contributed by atoms with van der Waals surface area (Å²) in [6.45, 7) is 0. The fourth-order valence-corrected chi connectivity index (χ4v) is 2.51. The second-order valence-corrected chi connectivity index (χ2v) is 3.89. The van der Waals surface area contributed by atoms with Crippen LogP contribution >= 0.6 is 22.7 Å². The molecular formula is C9H6OS2. The lowest BCUT2D eigenvalue weighted by Gasteiger charge is -1.91. The van der Waals surface area contributed by atoms with Gasteiger partial charge in [0.25, 0.3) is 0 Å². The summed E-state index contributed by atoms with van der Waals surface area (Å²) < 4.78 is 0. The Kier molecular flexibility index (Phi) is 2.06. The van der Waals surface area contributed by atoms with Crippen molar-refractivity contribution in [2.24, 2.45) is 0 Å². The van der Waals surface area contributed by atoms with Gasteiger partial charge < -0.3 is 0 Å². The van der Waals surface area contributed by atoms with Crippen molar-refractivity contribution >= 4 is 29.0 Å². The SMILES string of the molecule is O=Cc1cscc1-c1ccsc1. The Morgan fingerprint density at radius 1 is 1.17 bits per heavy atom. The molecule has 3 heteroatoms. The van der Waals surface area contributed by atoms with E-state index in [0.29, 0.717) is 0 Å². The van der Waals surface area contributed by atoms with E-state index in [4.69, 9.17) is 0 Å². The Labute approximate surface area is 78.3 Å². The van der Waals surface area contributed by atoms with Crippen LogP contribution < -0.4 is 0 Å². The lowest BCUT2D eigenvalue weighted by Crippen LogP contribution is -1.77. The summed E-state index contributed by atoms with van der Waals surface area (Å²) in [5, 5.41) is 7.95. The van der Waals surface area contributed by atoms with Crippen molar-refractivity contribution in [2.45, 2.75) is 0 Å². The van der Waals surface area contributed by atoms with Gasteiger partial charge in [-0.2, -0.15) is 22.7 Å². The summed E-state index contributed by atoms with van der Waals surface area (Å²) in [4.78, 5) is 10.6. The van der Waals surface area contributed by atoms with Crippen LogP contribution in [0.25, 0.3) is 11.1 Å². The Hall–Kier alpha value is -0.930. The second kappa shape index (κ2) is 3.21. The smallest absolute Gasteiger partial charge is 0.151 e. The third kappa shape index (κ3) is 1.21. The van der Waals surface area contributed by atoms with Crippen LogP contribution in [0.3, 0.4) is 0 Å². The lowest BCUT2D eigenvalue weighted by molar-refractivity contribution is 0.112. The number of aldehydes is 1. The van der Waals surface area contributed by atoms with E-state index in [2.05, 4.69) is 5.38 Å². The molecule has 0 atom stereocenters. The Balaban J connectivity index is 2.53. The highest BCUT2D eigenvalue weighted by Gasteiger charge is 2.04. The van der Waals surface area contributed by atoms with Gasteiger partial charge in [-0.3, -0.25) is 4.79 Å². The first-order valence-corrected chi connectivity index (χ1v) is 5.34. The summed E-state index contributed by atoms with van der Waals surface area (Å²) in [5.74, 6) is 0. The van der Waals surface area contributed by atoms with E-state index >= 15 is 0 Å². The molecule has 0 saturated carbocycles. The minimum atomic E-state index is 0.790. The number of carbonyl (C=O) groups is 1. The molecule has 0 aliphatic carbocycles. The zero-order valence-electron chi connectivity index (χ0n) is 6.19. The van der Waals surface area contributed by atoms with E-state index in [-0.39, 0.29) is 0 Å². The molecule has 0 radical (unpaired) electrons. The summed E-state index contributed by atoms with van der Waals surface area (Å²) in [7, 11) is 0. The van der Waals surface area contributed by atoms with Crippen LogP contribution in [-0.2, 0) is 0 Å². The summed E-state index contributed by atoms with van der Waals surface area (Å²) in [5.41, 5.74) is 2.98. The molecule has 12 heavy (non-hydrogen) atoms. The molecular weight excluding hydrogens is 188 g/mol. The van der Waals surface area contributed by atoms with Gasteiger partial charge in [-0.1, -0.05) is 0 Å². The zero-order chi connectivity index (χ0) is 8.39. The standard InChI is InChI=1S/C9H6OS2/c10-3-8-5-12-6-9(8)7-1-2-11-4-7/h1-6H. The number of thiophene rings is 2. The van der Waals surface area contributed by atoms with E-state index in [0.717, 1.165) is 23.0 Å².